The molecule has 1 aromatic rings. The molecule has 7 nitrogen and oxygen atoms in total. The smallest absolute Gasteiger partial charge is 0.339 e. The fourth-order valence-electron chi connectivity index (χ4n) is 1.74. The van der Waals surface area contributed by atoms with E-state index in [1.807, 2.05) is 0 Å². The molecule has 0 aliphatic carbocycles. The fraction of sp³-hybridized carbons (Fsp3) is 0.438. The summed E-state index contributed by atoms with van der Waals surface area (Å²) in [6.45, 7) is 0. The number of hydrogen-bond donors (Lipinski definition) is 4. The van der Waals surface area contributed by atoms with Crippen molar-refractivity contribution in [1.82, 2.24) is 0 Å². The molecular formula is C16H22O7. The third-order valence-corrected chi connectivity index (χ3v) is 2.92. The van der Waals surface area contributed by atoms with Gasteiger partial charge in [-0.3, -0.25) is 9.59 Å². The molecule has 0 spiro atoms. The normalized spacial score (nSPS) is 9.57. The van der Waals surface area contributed by atoms with Crippen LogP contribution in [0.3, 0.4) is 0 Å². The molecule has 1 rings (SSSR count). The average molecular weight is 326 g/mol. The summed E-state index contributed by atoms with van der Waals surface area (Å²) in [7, 11) is 0. The minimum Gasteiger partial charge on any atom is -0.507 e. The molecule has 0 saturated carbocycles. The van der Waals surface area contributed by atoms with Crippen LogP contribution in [0.1, 0.15) is 55.3 Å². The van der Waals surface area contributed by atoms with Gasteiger partial charge >= 0.3 is 17.9 Å². The second-order valence-electron chi connectivity index (χ2n) is 4.88. The van der Waals surface area contributed by atoms with Gasteiger partial charge in [0.2, 0.25) is 0 Å². The van der Waals surface area contributed by atoms with E-state index >= 15 is 0 Å². The topological polar surface area (TPSA) is 132 Å². The summed E-state index contributed by atoms with van der Waals surface area (Å²) in [6.07, 6.45) is 4.53. The Balaban J connectivity index is 0.000000433. The lowest BCUT2D eigenvalue weighted by molar-refractivity contribution is -0.138. The molecule has 0 fully saturated rings. The maximum absolute atomic E-state index is 10.3. The van der Waals surface area contributed by atoms with Gasteiger partial charge in [0.25, 0.3) is 0 Å². The fourth-order valence-corrected chi connectivity index (χ4v) is 1.74. The first-order valence-corrected chi connectivity index (χ1v) is 7.29. The van der Waals surface area contributed by atoms with Crippen LogP contribution < -0.4 is 0 Å². The van der Waals surface area contributed by atoms with Crippen LogP contribution in [-0.2, 0) is 9.59 Å². The summed E-state index contributed by atoms with van der Waals surface area (Å²) in [5.74, 6) is -2.83. The van der Waals surface area contributed by atoms with Gasteiger partial charge in [-0.2, -0.15) is 0 Å². The molecule has 0 atom stereocenters. The van der Waals surface area contributed by atoms with Crippen LogP contribution in [0, 0.1) is 0 Å². The zero-order chi connectivity index (χ0) is 17.7. The van der Waals surface area contributed by atoms with Gasteiger partial charge in [0, 0.05) is 12.8 Å². The second-order valence-corrected chi connectivity index (χ2v) is 4.88. The zero-order valence-corrected chi connectivity index (χ0v) is 12.8. The number of carboxylic acids is 3. The Morgan fingerprint density at radius 2 is 1.17 bits per heavy atom. The molecule has 0 aliphatic heterocycles. The van der Waals surface area contributed by atoms with Crippen molar-refractivity contribution in [2.45, 2.75) is 44.9 Å². The number of carbonyl (C=O) groups is 3. The molecule has 0 unspecified atom stereocenters. The number of carboxylic acid groups (broad SMARTS) is 3. The Kier molecular flexibility index (Phi) is 10.7. The van der Waals surface area contributed by atoms with E-state index in [2.05, 4.69) is 0 Å². The van der Waals surface area contributed by atoms with Crippen molar-refractivity contribution in [1.29, 1.82) is 0 Å². The van der Waals surface area contributed by atoms with Crippen molar-refractivity contribution in [3.8, 4) is 5.75 Å². The van der Waals surface area contributed by atoms with Crippen LogP contribution in [0.25, 0.3) is 0 Å². The lowest BCUT2D eigenvalue weighted by atomic mass is 10.1. The summed E-state index contributed by atoms with van der Waals surface area (Å²) in [4.78, 5) is 30.5. The molecule has 0 bridgehead atoms. The molecule has 0 saturated heterocycles. The lowest BCUT2D eigenvalue weighted by Crippen LogP contribution is -1.95. The summed E-state index contributed by atoms with van der Waals surface area (Å²) in [5.41, 5.74) is -0.0671. The van der Waals surface area contributed by atoms with Gasteiger partial charge < -0.3 is 20.4 Å². The number of rotatable bonds is 9. The van der Waals surface area contributed by atoms with E-state index in [4.69, 9.17) is 20.4 Å². The minimum absolute atomic E-state index is 0.0671. The van der Waals surface area contributed by atoms with Crippen LogP contribution in [0.4, 0.5) is 0 Å². The van der Waals surface area contributed by atoms with Gasteiger partial charge in [-0.15, -0.1) is 0 Å². The maximum Gasteiger partial charge on any atom is 0.339 e. The average Bonchev–Trinajstić information content (AvgIpc) is 2.46. The highest BCUT2D eigenvalue weighted by molar-refractivity contribution is 5.90. The Morgan fingerprint density at radius 1 is 0.739 bits per heavy atom. The zero-order valence-electron chi connectivity index (χ0n) is 12.8. The maximum atomic E-state index is 10.3. The van der Waals surface area contributed by atoms with Crippen LogP contribution in [-0.4, -0.2) is 38.3 Å². The number of aromatic carboxylic acids is 1. The van der Waals surface area contributed by atoms with Crippen LogP contribution in [0.5, 0.6) is 5.75 Å². The Bertz CT molecular complexity index is 493. The quantitative estimate of drug-likeness (QED) is 0.513. The van der Waals surface area contributed by atoms with E-state index in [1.165, 1.54) is 12.1 Å². The summed E-state index contributed by atoms with van der Waals surface area (Å²) >= 11 is 0. The molecule has 7 heteroatoms. The first-order valence-electron chi connectivity index (χ1n) is 7.29. The number of para-hydroxylation sites is 1. The highest BCUT2D eigenvalue weighted by Crippen LogP contribution is 2.14. The van der Waals surface area contributed by atoms with Gasteiger partial charge in [0.15, 0.2) is 0 Å². The standard InChI is InChI=1S/C9H16O4.C7H6O3/c10-8(11)6-4-2-1-3-5-7-9(12)13;8-6-4-2-1-3-5(6)7(9)10/h1-7H2,(H,10,11)(H,12,13);1-4,8H,(H,9,10). The summed E-state index contributed by atoms with van der Waals surface area (Å²) in [5, 5.41) is 33.9. The number of aromatic hydroxyl groups is 1. The van der Waals surface area contributed by atoms with Crippen molar-refractivity contribution in [2.75, 3.05) is 0 Å². The Morgan fingerprint density at radius 3 is 1.52 bits per heavy atom. The van der Waals surface area contributed by atoms with Crippen molar-refractivity contribution in [2.24, 2.45) is 0 Å². The molecule has 128 valence electrons. The van der Waals surface area contributed by atoms with E-state index in [0.29, 0.717) is 12.8 Å². The van der Waals surface area contributed by atoms with Gasteiger partial charge in [-0.1, -0.05) is 31.4 Å². The van der Waals surface area contributed by atoms with E-state index in [-0.39, 0.29) is 24.2 Å². The Labute approximate surface area is 134 Å². The monoisotopic (exact) mass is 326 g/mol. The second kappa shape index (κ2) is 12.0. The number of unbranched alkanes of at least 4 members (excludes halogenated alkanes) is 4. The third-order valence-electron chi connectivity index (χ3n) is 2.92. The number of aliphatic carboxylic acids is 2. The van der Waals surface area contributed by atoms with E-state index in [9.17, 15) is 14.4 Å². The third kappa shape index (κ3) is 11.7. The largest absolute Gasteiger partial charge is 0.507 e. The molecular weight excluding hydrogens is 304 g/mol. The summed E-state index contributed by atoms with van der Waals surface area (Å²) < 4.78 is 0. The van der Waals surface area contributed by atoms with Crippen LogP contribution in [0.15, 0.2) is 24.3 Å². The van der Waals surface area contributed by atoms with Gasteiger partial charge in [-0.05, 0) is 25.0 Å². The minimum atomic E-state index is -1.11. The first-order chi connectivity index (χ1) is 10.8. The van der Waals surface area contributed by atoms with Crippen molar-refractivity contribution in [3.63, 3.8) is 0 Å². The highest BCUT2D eigenvalue weighted by atomic mass is 16.4. The molecule has 1 aromatic carbocycles. The molecule has 23 heavy (non-hydrogen) atoms. The number of phenols is 1. The predicted octanol–water partition coefficient (Wildman–Crippen LogP) is 2.98. The van der Waals surface area contributed by atoms with Gasteiger partial charge in [0.1, 0.15) is 11.3 Å². The van der Waals surface area contributed by atoms with E-state index < -0.39 is 17.9 Å². The molecule has 0 aromatic heterocycles. The SMILES string of the molecule is O=C(O)CCCCCCCC(=O)O.O=C(O)c1ccccc1O. The lowest BCUT2D eigenvalue weighted by Gasteiger charge is -1.97. The van der Waals surface area contributed by atoms with Crippen molar-refractivity contribution >= 4 is 17.9 Å². The van der Waals surface area contributed by atoms with E-state index in [0.717, 1.165) is 19.3 Å². The first kappa shape index (κ1) is 20.4. The van der Waals surface area contributed by atoms with Crippen LogP contribution >= 0.6 is 0 Å². The molecule has 0 amide bonds. The molecule has 0 radical (unpaired) electrons. The van der Waals surface area contributed by atoms with Gasteiger partial charge in [-0.25, -0.2) is 4.79 Å². The van der Waals surface area contributed by atoms with E-state index in [1.54, 1.807) is 12.1 Å². The predicted molar refractivity (Wildman–Crippen MR) is 82.7 cm³/mol. The number of benzene rings is 1. The van der Waals surface area contributed by atoms with Crippen molar-refractivity contribution in [3.05, 3.63) is 29.8 Å². The van der Waals surface area contributed by atoms with Crippen LogP contribution in [0.2, 0.25) is 0 Å². The van der Waals surface area contributed by atoms with Crippen molar-refractivity contribution < 1.29 is 34.8 Å². The Hall–Kier alpha value is -2.57. The van der Waals surface area contributed by atoms with Gasteiger partial charge in [0.05, 0.1) is 0 Å². The number of hydrogen-bond acceptors (Lipinski definition) is 4. The highest BCUT2D eigenvalue weighted by Gasteiger charge is 2.05. The molecule has 4 N–H and O–H groups in total. The molecule has 0 aliphatic rings. The molecule has 0 heterocycles. The summed E-state index contributed by atoms with van der Waals surface area (Å²) in [6, 6.07) is 5.81.